The number of piperidine rings is 1. The van der Waals surface area contributed by atoms with Crippen molar-refractivity contribution in [1.29, 1.82) is 0 Å². The Balaban J connectivity index is 2.06. The van der Waals surface area contributed by atoms with Crippen molar-refractivity contribution in [3.8, 4) is 11.5 Å². The van der Waals surface area contributed by atoms with E-state index in [1.807, 2.05) is 37.3 Å². The van der Waals surface area contributed by atoms with Crippen LogP contribution in [-0.4, -0.2) is 47.3 Å². The topological polar surface area (TPSA) is 71.9 Å². The number of ether oxygens (including phenoxy) is 2. The van der Waals surface area contributed by atoms with Crippen molar-refractivity contribution in [3.05, 3.63) is 53.9 Å². The minimum absolute atomic E-state index is 0.204. The summed E-state index contributed by atoms with van der Waals surface area (Å²) in [4.78, 5) is 18.2. The molecule has 1 saturated heterocycles. The molecule has 0 amide bonds. The largest absolute Gasteiger partial charge is 0.493 e. The lowest BCUT2D eigenvalue weighted by Crippen LogP contribution is -2.46. The Bertz CT molecular complexity index is 766. The van der Waals surface area contributed by atoms with Crippen molar-refractivity contribution in [2.45, 2.75) is 38.3 Å². The monoisotopic (exact) mass is 370 g/mol. The highest BCUT2D eigenvalue weighted by atomic mass is 16.5. The second-order valence-corrected chi connectivity index (χ2v) is 6.62. The number of carboxylic acid groups (broad SMARTS) is 1. The molecule has 1 aromatic heterocycles. The third-order valence-corrected chi connectivity index (χ3v) is 4.96. The van der Waals surface area contributed by atoms with Gasteiger partial charge >= 0.3 is 5.97 Å². The second-order valence-electron chi connectivity index (χ2n) is 6.62. The molecule has 0 radical (unpaired) electrons. The fraction of sp³-hybridized carbons (Fsp3) is 0.429. The van der Waals surface area contributed by atoms with Gasteiger partial charge < -0.3 is 14.6 Å². The fourth-order valence-corrected chi connectivity index (χ4v) is 3.77. The fourth-order valence-electron chi connectivity index (χ4n) is 3.77. The van der Waals surface area contributed by atoms with Crippen LogP contribution in [0.2, 0.25) is 0 Å². The van der Waals surface area contributed by atoms with Crippen molar-refractivity contribution in [2.24, 2.45) is 0 Å². The first-order valence-electron chi connectivity index (χ1n) is 9.35. The van der Waals surface area contributed by atoms with Gasteiger partial charge in [0.2, 0.25) is 0 Å². The summed E-state index contributed by atoms with van der Waals surface area (Å²) in [5.41, 5.74) is 1.94. The van der Waals surface area contributed by atoms with Crippen molar-refractivity contribution in [1.82, 2.24) is 9.88 Å². The van der Waals surface area contributed by atoms with Crippen LogP contribution in [0.4, 0.5) is 0 Å². The normalized spacial score (nSPS) is 18.7. The highest BCUT2D eigenvalue weighted by Gasteiger charge is 2.35. The summed E-state index contributed by atoms with van der Waals surface area (Å²) in [6, 6.07) is 8.98. The van der Waals surface area contributed by atoms with E-state index in [0.717, 1.165) is 30.5 Å². The molecule has 1 aliphatic rings. The minimum atomic E-state index is -0.776. The Kier molecular flexibility index (Phi) is 6.29. The molecule has 6 heteroatoms. The predicted octanol–water partition coefficient (Wildman–Crippen LogP) is 3.52. The van der Waals surface area contributed by atoms with Gasteiger partial charge in [-0.15, -0.1) is 0 Å². The van der Waals surface area contributed by atoms with Crippen molar-refractivity contribution < 1.29 is 19.4 Å². The summed E-state index contributed by atoms with van der Waals surface area (Å²) in [5.74, 6) is 0.552. The van der Waals surface area contributed by atoms with Crippen LogP contribution in [0, 0.1) is 0 Å². The number of rotatable bonds is 7. The van der Waals surface area contributed by atoms with Gasteiger partial charge in [-0.2, -0.15) is 0 Å². The van der Waals surface area contributed by atoms with E-state index in [2.05, 4.69) is 9.88 Å². The van der Waals surface area contributed by atoms with E-state index < -0.39 is 12.0 Å². The van der Waals surface area contributed by atoms with Gasteiger partial charge in [-0.25, -0.2) is 0 Å². The van der Waals surface area contributed by atoms with E-state index in [4.69, 9.17) is 9.47 Å². The molecule has 0 saturated carbocycles. The van der Waals surface area contributed by atoms with E-state index in [1.165, 1.54) is 0 Å². The molecule has 1 fully saturated rings. The lowest BCUT2D eigenvalue weighted by Gasteiger charge is -2.39. The molecule has 6 nitrogen and oxygen atoms in total. The van der Waals surface area contributed by atoms with Crippen molar-refractivity contribution >= 4 is 5.97 Å². The van der Waals surface area contributed by atoms with Crippen molar-refractivity contribution in [2.75, 3.05) is 20.3 Å². The summed E-state index contributed by atoms with van der Waals surface area (Å²) < 4.78 is 11.1. The van der Waals surface area contributed by atoms with E-state index in [0.29, 0.717) is 24.5 Å². The summed E-state index contributed by atoms with van der Waals surface area (Å²) in [6.07, 6.45) is 6.10. The molecule has 0 bridgehead atoms. The lowest BCUT2D eigenvalue weighted by molar-refractivity contribution is -0.145. The van der Waals surface area contributed by atoms with Gasteiger partial charge in [-0.3, -0.25) is 14.7 Å². The summed E-state index contributed by atoms with van der Waals surface area (Å²) in [6.45, 7) is 3.21. The quantitative estimate of drug-likeness (QED) is 0.804. The standard InChI is InChI=1S/C21H26N2O4/c1-3-27-18-10-9-15(13-19(18)26-2)20(16-7-6-11-22-14-16)23-12-5-4-8-17(23)21(24)25/h6-7,9-11,13-14,17,20H,3-5,8,12H2,1-2H3,(H,24,25). The average molecular weight is 370 g/mol. The van der Waals surface area contributed by atoms with E-state index in [1.54, 1.807) is 19.5 Å². The molecular weight excluding hydrogens is 344 g/mol. The summed E-state index contributed by atoms with van der Waals surface area (Å²) >= 11 is 0. The minimum Gasteiger partial charge on any atom is -0.493 e. The van der Waals surface area contributed by atoms with Gasteiger partial charge in [-0.1, -0.05) is 18.6 Å². The Morgan fingerprint density at radius 1 is 1.30 bits per heavy atom. The third kappa shape index (κ3) is 4.22. The SMILES string of the molecule is CCOc1ccc(C(c2cccnc2)N2CCCCC2C(=O)O)cc1OC. The molecule has 144 valence electrons. The lowest BCUT2D eigenvalue weighted by atomic mass is 9.92. The number of hydrogen-bond acceptors (Lipinski definition) is 5. The Morgan fingerprint density at radius 3 is 2.81 bits per heavy atom. The van der Waals surface area contributed by atoms with Gasteiger partial charge in [0, 0.05) is 12.4 Å². The zero-order valence-corrected chi connectivity index (χ0v) is 15.8. The number of hydrogen-bond donors (Lipinski definition) is 1. The van der Waals surface area contributed by atoms with Gasteiger partial charge in [0.1, 0.15) is 6.04 Å². The summed E-state index contributed by atoms with van der Waals surface area (Å²) in [5, 5.41) is 9.76. The van der Waals surface area contributed by atoms with Crippen LogP contribution < -0.4 is 9.47 Å². The van der Waals surface area contributed by atoms with E-state index in [-0.39, 0.29) is 6.04 Å². The van der Waals surface area contributed by atoms with Crippen LogP contribution >= 0.6 is 0 Å². The van der Waals surface area contributed by atoms with Crippen LogP contribution in [0.25, 0.3) is 0 Å². The number of likely N-dealkylation sites (tertiary alicyclic amines) is 1. The maximum absolute atomic E-state index is 11.9. The van der Waals surface area contributed by atoms with Crippen molar-refractivity contribution in [3.63, 3.8) is 0 Å². The summed E-state index contributed by atoms with van der Waals surface area (Å²) in [7, 11) is 1.61. The Morgan fingerprint density at radius 2 is 2.15 bits per heavy atom. The molecule has 2 aromatic rings. The highest BCUT2D eigenvalue weighted by Crippen LogP contribution is 2.38. The molecule has 2 unspecified atom stereocenters. The van der Waals surface area contributed by atoms with Gasteiger partial charge in [0.25, 0.3) is 0 Å². The van der Waals surface area contributed by atoms with Gasteiger partial charge in [0.05, 0.1) is 19.8 Å². The number of carboxylic acids is 1. The number of aromatic nitrogens is 1. The molecule has 0 aliphatic carbocycles. The molecule has 0 spiro atoms. The maximum atomic E-state index is 11.9. The number of pyridine rings is 1. The molecule has 1 aromatic carbocycles. The first kappa shape index (κ1) is 19.2. The zero-order valence-electron chi connectivity index (χ0n) is 15.8. The second kappa shape index (κ2) is 8.86. The van der Waals surface area contributed by atoms with E-state index >= 15 is 0 Å². The predicted molar refractivity (Wildman–Crippen MR) is 102 cm³/mol. The molecule has 2 atom stereocenters. The number of benzene rings is 1. The third-order valence-electron chi connectivity index (χ3n) is 4.96. The molecular formula is C21H26N2O4. The van der Waals surface area contributed by atoms with Crippen LogP contribution in [0.3, 0.4) is 0 Å². The van der Waals surface area contributed by atoms with Gasteiger partial charge in [0.15, 0.2) is 11.5 Å². The number of nitrogens with zero attached hydrogens (tertiary/aromatic N) is 2. The number of carbonyl (C=O) groups is 1. The Labute approximate surface area is 159 Å². The highest BCUT2D eigenvalue weighted by molar-refractivity contribution is 5.73. The zero-order chi connectivity index (χ0) is 19.2. The molecule has 1 aliphatic heterocycles. The molecule has 2 heterocycles. The van der Waals surface area contributed by atoms with Gasteiger partial charge in [-0.05, 0) is 55.6 Å². The van der Waals surface area contributed by atoms with Crippen LogP contribution in [0.1, 0.15) is 43.4 Å². The Hall–Kier alpha value is -2.60. The smallest absolute Gasteiger partial charge is 0.320 e. The maximum Gasteiger partial charge on any atom is 0.320 e. The van der Waals surface area contributed by atoms with Crippen LogP contribution in [0.5, 0.6) is 11.5 Å². The first-order valence-corrected chi connectivity index (χ1v) is 9.35. The molecule has 1 N–H and O–H groups in total. The van der Waals surface area contributed by atoms with E-state index in [9.17, 15) is 9.90 Å². The number of methoxy groups -OCH3 is 1. The number of aliphatic carboxylic acids is 1. The van der Waals surface area contributed by atoms with Crippen LogP contribution in [-0.2, 0) is 4.79 Å². The first-order chi connectivity index (χ1) is 13.2. The average Bonchev–Trinajstić information content (AvgIpc) is 2.70. The molecule has 27 heavy (non-hydrogen) atoms. The van der Waals surface area contributed by atoms with Crippen LogP contribution in [0.15, 0.2) is 42.7 Å². The molecule has 3 rings (SSSR count).